The van der Waals surface area contributed by atoms with Gasteiger partial charge in [0.2, 0.25) is 5.91 Å². The Bertz CT molecular complexity index is 575. The minimum atomic E-state index is -0.360. The summed E-state index contributed by atoms with van der Waals surface area (Å²) in [6, 6.07) is 0.454. The van der Waals surface area contributed by atoms with Gasteiger partial charge in [-0.05, 0) is 45.4 Å². The summed E-state index contributed by atoms with van der Waals surface area (Å²) in [5.74, 6) is 1.70. The van der Waals surface area contributed by atoms with E-state index >= 15 is 0 Å². The van der Waals surface area contributed by atoms with Gasteiger partial charge in [-0.15, -0.1) is 0 Å². The molecule has 2 saturated heterocycles. The summed E-state index contributed by atoms with van der Waals surface area (Å²) in [4.78, 5) is 32.9. The van der Waals surface area contributed by atoms with Crippen molar-refractivity contribution in [1.82, 2.24) is 16.0 Å². The number of hydrogen-bond donors (Lipinski definition) is 4. The summed E-state index contributed by atoms with van der Waals surface area (Å²) in [5, 5.41) is 18.2. The molecule has 8 nitrogen and oxygen atoms in total. The lowest BCUT2D eigenvalue weighted by atomic mass is 10.0. The number of rotatable bonds is 14. The fourth-order valence-electron chi connectivity index (χ4n) is 3.62. The molecule has 34 heavy (non-hydrogen) atoms. The highest BCUT2D eigenvalue weighted by molar-refractivity contribution is 8.00. The molecule has 3 amide bonds. The fraction of sp³-hybridized carbons (Fsp3) is 0.880. The Labute approximate surface area is 211 Å². The first-order valence-corrected chi connectivity index (χ1v) is 13.9. The lowest BCUT2D eigenvalue weighted by molar-refractivity contribution is -0.122. The molecule has 2 aliphatic rings. The van der Waals surface area contributed by atoms with Crippen molar-refractivity contribution in [3.05, 3.63) is 0 Å². The standard InChI is InChI=1S/C17H31N3O4S.C6H12O.C2H6/c1-17(2,7-9-21)24-10-8-18-14(22)6-4-3-5-13-15-12(11-25-13)19-16(23)20-15;1-6(2)4-3-5-7;1-2/h12-13,15,21H,3-11H2,1-2H3,(H,18,22)(H2,19,20,23);5-6H,3-4H2,1-2H3;1-2H3/t12-,13-,15-;;/m0../s1. The van der Waals surface area contributed by atoms with Gasteiger partial charge in [0.15, 0.2) is 0 Å². The van der Waals surface area contributed by atoms with Gasteiger partial charge in [-0.3, -0.25) is 4.79 Å². The van der Waals surface area contributed by atoms with Gasteiger partial charge < -0.3 is 30.6 Å². The highest BCUT2D eigenvalue weighted by Gasteiger charge is 2.42. The van der Waals surface area contributed by atoms with Crippen LogP contribution >= 0.6 is 11.8 Å². The van der Waals surface area contributed by atoms with Crippen molar-refractivity contribution in [2.24, 2.45) is 5.92 Å². The number of carbonyl (C=O) groups excluding carboxylic acids is 3. The van der Waals surface area contributed by atoms with Crippen LogP contribution in [0.15, 0.2) is 0 Å². The molecule has 0 bridgehead atoms. The number of fused-ring (bicyclic) bond motifs is 1. The van der Waals surface area contributed by atoms with Crippen molar-refractivity contribution in [1.29, 1.82) is 0 Å². The van der Waals surface area contributed by atoms with E-state index in [1.165, 1.54) is 0 Å². The molecule has 2 fully saturated rings. The number of urea groups is 1. The average Bonchev–Trinajstić information content (AvgIpc) is 3.34. The van der Waals surface area contributed by atoms with Crippen LogP contribution in [-0.2, 0) is 14.3 Å². The van der Waals surface area contributed by atoms with Crippen LogP contribution < -0.4 is 16.0 Å². The molecule has 3 atom stereocenters. The van der Waals surface area contributed by atoms with Gasteiger partial charge in [0.05, 0.1) is 24.3 Å². The van der Waals surface area contributed by atoms with Crippen LogP contribution in [0.25, 0.3) is 0 Å². The Morgan fingerprint density at radius 1 is 1.29 bits per heavy atom. The lowest BCUT2D eigenvalue weighted by Gasteiger charge is -2.24. The topological polar surface area (TPSA) is 117 Å². The van der Waals surface area contributed by atoms with Gasteiger partial charge in [-0.25, -0.2) is 4.79 Å². The maximum absolute atomic E-state index is 11.8. The number of thioether (sulfide) groups is 1. The maximum atomic E-state index is 11.8. The van der Waals surface area contributed by atoms with E-state index in [0.717, 1.165) is 44.1 Å². The van der Waals surface area contributed by atoms with Crippen LogP contribution in [-0.4, -0.2) is 71.8 Å². The lowest BCUT2D eigenvalue weighted by Crippen LogP contribution is -2.36. The van der Waals surface area contributed by atoms with Crippen molar-refractivity contribution in [2.45, 2.75) is 109 Å². The van der Waals surface area contributed by atoms with E-state index in [1.807, 2.05) is 39.5 Å². The van der Waals surface area contributed by atoms with Crippen LogP contribution in [0.5, 0.6) is 0 Å². The van der Waals surface area contributed by atoms with Crippen molar-refractivity contribution in [2.75, 3.05) is 25.5 Å². The molecule has 9 heteroatoms. The van der Waals surface area contributed by atoms with Gasteiger partial charge >= 0.3 is 6.03 Å². The summed E-state index contributed by atoms with van der Waals surface area (Å²) >= 11 is 1.91. The number of aliphatic hydroxyl groups excluding tert-OH is 1. The second kappa shape index (κ2) is 18.9. The van der Waals surface area contributed by atoms with Crippen LogP contribution in [0.4, 0.5) is 4.79 Å². The van der Waals surface area contributed by atoms with Crippen molar-refractivity contribution in [3.63, 3.8) is 0 Å². The SMILES string of the molecule is CC.CC(C)(CCO)OCCNC(=O)CCCC[C@@H]1SC[C@@H]2NC(=O)N[C@@H]21.CC(C)CCC=O. The first kappa shape index (κ1) is 32.7. The van der Waals surface area contributed by atoms with E-state index in [9.17, 15) is 14.4 Å². The molecule has 0 aliphatic carbocycles. The van der Waals surface area contributed by atoms with Gasteiger partial charge in [0.1, 0.15) is 6.29 Å². The Morgan fingerprint density at radius 3 is 2.59 bits per heavy atom. The molecule has 0 saturated carbocycles. The number of hydrogen-bond acceptors (Lipinski definition) is 6. The smallest absolute Gasteiger partial charge is 0.315 e. The summed E-state index contributed by atoms with van der Waals surface area (Å²) in [7, 11) is 0. The molecular weight excluding hydrogens is 454 g/mol. The average molecular weight is 504 g/mol. The van der Waals surface area contributed by atoms with Gasteiger partial charge in [-0.1, -0.05) is 34.1 Å². The first-order valence-electron chi connectivity index (χ1n) is 12.8. The summed E-state index contributed by atoms with van der Waals surface area (Å²) in [6.45, 7) is 13.1. The van der Waals surface area contributed by atoms with Crippen LogP contribution in [0.3, 0.4) is 0 Å². The van der Waals surface area contributed by atoms with E-state index in [0.29, 0.717) is 37.2 Å². The molecule has 0 unspecified atom stereocenters. The van der Waals surface area contributed by atoms with Crippen LogP contribution in [0.1, 0.15) is 86.5 Å². The monoisotopic (exact) mass is 503 g/mol. The third-order valence-corrected chi connectivity index (χ3v) is 7.08. The normalized spacial score (nSPS) is 20.8. The Balaban J connectivity index is 0.00000104. The second-order valence-electron chi connectivity index (χ2n) is 9.44. The molecule has 200 valence electrons. The third kappa shape index (κ3) is 14.8. The van der Waals surface area contributed by atoms with Crippen molar-refractivity contribution in [3.8, 4) is 0 Å². The molecule has 0 spiro atoms. The van der Waals surface area contributed by atoms with Gasteiger partial charge in [0, 0.05) is 37.0 Å². The van der Waals surface area contributed by atoms with E-state index in [1.54, 1.807) is 0 Å². The Kier molecular flexibility index (Phi) is 18.2. The highest BCUT2D eigenvalue weighted by atomic mass is 32.2. The predicted molar refractivity (Wildman–Crippen MR) is 140 cm³/mol. The molecule has 2 aliphatic heterocycles. The highest BCUT2D eigenvalue weighted by Crippen LogP contribution is 2.33. The van der Waals surface area contributed by atoms with Crippen molar-refractivity contribution >= 4 is 30.0 Å². The van der Waals surface area contributed by atoms with E-state index in [4.69, 9.17) is 9.84 Å². The number of unbranched alkanes of at least 4 members (excludes halogenated alkanes) is 1. The summed E-state index contributed by atoms with van der Waals surface area (Å²) in [5.41, 5.74) is -0.360. The first-order chi connectivity index (χ1) is 16.2. The molecule has 4 N–H and O–H groups in total. The fourth-order valence-corrected chi connectivity index (χ4v) is 5.17. The number of aldehydes is 1. The number of aliphatic hydroxyl groups is 1. The minimum Gasteiger partial charge on any atom is -0.396 e. The quantitative estimate of drug-likeness (QED) is 0.163. The molecule has 0 radical (unpaired) electrons. The molecule has 0 aromatic heterocycles. The zero-order chi connectivity index (χ0) is 26.0. The number of ether oxygens (including phenoxy) is 1. The van der Waals surface area contributed by atoms with E-state index < -0.39 is 0 Å². The van der Waals surface area contributed by atoms with Crippen molar-refractivity contribution < 1.29 is 24.2 Å². The molecule has 2 heterocycles. The molecule has 0 aromatic rings. The zero-order valence-corrected chi connectivity index (χ0v) is 23.0. The molecular formula is C25H49N3O5S. The third-order valence-electron chi connectivity index (χ3n) is 5.57. The predicted octanol–water partition coefficient (Wildman–Crippen LogP) is 3.65. The second-order valence-corrected chi connectivity index (χ2v) is 10.7. The number of carbonyl (C=O) groups is 3. The number of nitrogens with one attached hydrogen (secondary N) is 3. The van der Waals surface area contributed by atoms with Crippen LogP contribution in [0.2, 0.25) is 0 Å². The number of amides is 3. The summed E-state index contributed by atoms with van der Waals surface area (Å²) in [6.07, 6.45) is 6.71. The molecule has 2 rings (SSSR count). The Morgan fingerprint density at radius 2 is 2.00 bits per heavy atom. The van der Waals surface area contributed by atoms with Crippen LogP contribution in [0, 0.1) is 5.92 Å². The van der Waals surface area contributed by atoms with Gasteiger partial charge in [-0.2, -0.15) is 11.8 Å². The van der Waals surface area contributed by atoms with E-state index in [2.05, 4.69) is 29.8 Å². The maximum Gasteiger partial charge on any atom is 0.315 e. The Hall–Kier alpha value is -1.32. The largest absolute Gasteiger partial charge is 0.396 e. The van der Waals surface area contributed by atoms with E-state index in [-0.39, 0.29) is 36.2 Å². The van der Waals surface area contributed by atoms with Gasteiger partial charge in [0.25, 0.3) is 0 Å². The summed E-state index contributed by atoms with van der Waals surface area (Å²) < 4.78 is 5.64. The molecule has 0 aromatic carbocycles. The zero-order valence-electron chi connectivity index (χ0n) is 22.2. The minimum absolute atomic E-state index is 0.0518.